The smallest absolute Gasteiger partial charge is 0.225 e. The van der Waals surface area contributed by atoms with Gasteiger partial charge in [0.2, 0.25) is 5.95 Å². The fourth-order valence-corrected chi connectivity index (χ4v) is 3.92. The van der Waals surface area contributed by atoms with E-state index < -0.39 is 0 Å². The second-order valence-electron chi connectivity index (χ2n) is 7.85. The van der Waals surface area contributed by atoms with E-state index in [1.165, 1.54) is 48.9 Å². The first-order valence-corrected chi connectivity index (χ1v) is 9.91. The van der Waals surface area contributed by atoms with Crippen molar-refractivity contribution >= 4 is 5.95 Å². The molecule has 3 heterocycles. The first-order valence-electron chi connectivity index (χ1n) is 9.91. The van der Waals surface area contributed by atoms with E-state index in [0.29, 0.717) is 6.04 Å². The van der Waals surface area contributed by atoms with E-state index in [4.69, 9.17) is 0 Å². The topological polar surface area (TPSA) is 50.1 Å². The van der Waals surface area contributed by atoms with Gasteiger partial charge in [-0.3, -0.25) is 9.58 Å². The molecule has 2 aromatic heterocycles. The molecule has 6 heteroatoms. The summed E-state index contributed by atoms with van der Waals surface area (Å²) in [6.45, 7) is 8.34. The van der Waals surface area contributed by atoms with Gasteiger partial charge in [-0.05, 0) is 46.0 Å². The molecule has 0 atom stereocenters. The minimum absolute atomic E-state index is 0.691. The van der Waals surface area contributed by atoms with Gasteiger partial charge in [0, 0.05) is 68.5 Å². The number of hydrogen-bond donors (Lipinski definition) is 0. The predicted molar refractivity (Wildman–Crippen MR) is 103 cm³/mol. The summed E-state index contributed by atoms with van der Waals surface area (Å²) >= 11 is 0. The largest absolute Gasteiger partial charge is 0.341 e. The Morgan fingerprint density at radius 1 is 1.04 bits per heavy atom. The fourth-order valence-electron chi connectivity index (χ4n) is 3.92. The van der Waals surface area contributed by atoms with E-state index in [2.05, 4.69) is 38.7 Å². The number of piperidine rings is 1. The number of nitrogens with zero attached hydrogens (tertiary/aromatic N) is 6. The van der Waals surface area contributed by atoms with Gasteiger partial charge in [0.1, 0.15) is 0 Å². The maximum absolute atomic E-state index is 4.65. The van der Waals surface area contributed by atoms with Crippen LogP contribution in [0.2, 0.25) is 0 Å². The Labute approximate surface area is 156 Å². The van der Waals surface area contributed by atoms with Crippen LogP contribution < -0.4 is 4.90 Å². The monoisotopic (exact) mass is 354 g/mol. The molecule has 2 fully saturated rings. The normalized spacial score (nSPS) is 17.9. The lowest BCUT2D eigenvalue weighted by Gasteiger charge is -2.27. The quantitative estimate of drug-likeness (QED) is 0.798. The maximum Gasteiger partial charge on any atom is 0.225 e. The van der Waals surface area contributed by atoms with Crippen LogP contribution in [-0.4, -0.2) is 43.8 Å². The first kappa shape index (κ1) is 17.5. The fraction of sp³-hybridized carbons (Fsp3) is 0.650. The molecule has 0 amide bonds. The van der Waals surface area contributed by atoms with Crippen molar-refractivity contribution in [2.75, 3.05) is 18.0 Å². The summed E-state index contributed by atoms with van der Waals surface area (Å²) < 4.78 is 1.99. The summed E-state index contributed by atoms with van der Waals surface area (Å²) in [5.74, 6) is 0.894. The molecule has 1 aliphatic heterocycles. The van der Waals surface area contributed by atoms with Crippen molar-refractivity contribution in [3.63, 3.8) is 0 Å². The van der Waals surface area contributed by atoms with E-state index in [1.807, 2.05) is 24.1 Å². The third kappa shape index (κ3) is 3.75. The molecule has 0 radical (unpaired) electrons. The molecule has 6 nitrogen and oxygen atoms in total. The van der Waals surface area contributed by atoms with E-state index >= 15 is 0 Å². The first-order chi connectivity index (χ1) is 12.6. The van der Waals surface area contributed by atoms with Crippen molar-refractivity contribution < 1.29 is 0 Å². The van der Waals surface area contributed by atoms with Gasteiger partial charge in [0.05, 0.1) is 5.69 Å². The number of rotatable bonds is 6. The number of aryl methyl sites for hydroxylation is 2. The number of anilines is 1. The second-order valence-corrected chi connectivity index (χ2v) is 7.85. The Morgan fingerprint density at radius 2 is 1.73 bits per heavy atom. The molecule has 4 rings (SSSR count). The van der Waals surface area contributed by atoms with Crippen LogP contribution >= 0.6 is 0 Å². The Balaban J connectivity index is 1.45. The summed E-state index contributed by atoms with van der Waals surface area (Å²) in [6.07, 6.45) is 10.5. The molecule has 0 bridgehead atoms. The van der Waals surface area contributed by atoms with E-state index in [1.54, 1.807) is 0 Å². The molecule has 2 aliphatic rings. The van der Waals surface area contributed by atoms with E-state index in [0.717, 1.165) is 37.8 Å². The highest BCUT2D eigenvalue weighted by Crippen LogP contribution is 2.31. The van der Waals surface area contributed by atoms with Gasteiger partial charge in [-0.15, -0.1) is 0 Å². The van der Waals surface area contributed by atoms with Crippen LogP contribution in [0.5, 0.6) is 0 Å². The summed E-state index contributed by atoms with van der Waals surface area (Å²) in [6, 6.07) is 0.691. The molecule has 1 saturated heterocycles. The minimum atomic E-state index is 0.691. The van der Waals surface area contributed by atoms with Crippen molar-refractivity contribution in [2.45, 2.75) is 65.1 Å². The Hall–Kier alpha value is -1.95. The zero-order chi connectivity index (χ0) is 18.1. The van der Waals surface area contributed by atoms with Gasteiger partial charge in [0.25, 0.3) is 0 Å². The SMILES string of the molecule is Cc1nn(C)c(C)c1CN(Cc1cnc(N2CCCCC2)nc1)C1CC1. The molecule has 0 unspecified atom stereocenters. The molecule has 26 heavy (non-hydrogen) atoms. The highest BCUT2D eigenvalue weighted by Gasteiger charge is 2.30. The van der Waals surface area contributed by atoms with Gasteiger partial charge in [-0.2, -0.15) is 5.10 Å². The van der Waals surface area contributed by atoms with Crippen LogP contribution in [0.1, 0.15) is 54.6 Å². The standard InChI is InChI=1S/C20H30N6/c1-15-19(16(2)24(3)23-15)14-26(18-7-8-18)13-17-11-21-20(22-12-17)25-9-5-4-6-10-25/h11-12,18H,4-10,13-14H2,1-3H3. The summed E-state index contributed by atoms with van der Waals surface area (Å²) in [5.41, 5.74) is 4.99. The predicted octanol–water partition coefficient (Wildman–Crippen LogP) is 2.98. The third-order valence-electron chi connectivity index (χ3n) is 5.80. The van der Waals surface area contributed by atoms with Crippen LogP contribution in [0.15, 0.2) is 12.4 Å². The lowest BCUT2D eigenvalue weighted by molar-refractivity contribution is 0.244. The van der Waals surface area contributed by atoms with Crippen molar-refractivity contribution in [2.24, 2.45) is 7.05 Å². The maximum atomic E-state index is 4.65. The van der Waals surface area contributed by atoms with Gasteiger partial charge >= 0.3 is 0 Å². The Morgan fingerprint density at radius 3 is 2.31 bits per heavy atom. The zero-order valence-electron chi connectivity index (χ0n) is 16.3. The van der Waals surface area contributed by atoms with Gasteiger partial charge < -0.3 is 4.90 Å². The minimum Gasteiger partial charge on any atom is -0.341 e. The lowest BCUT2D eigenvalue weighted by Crippen LogP contribution is -2.31. The lowest BCUT2D eigenvalue weighted by atomic mass is 10.1. The van der Waals surface area contributed by atoms with Gasteiger partial charge in [-0.1, -0.05) is 0 Å². The average Bonchev–Trinajstić information content (AvgIpc) is 3.47. The molecule has 0 spiro atoms. The average molecular weight is 355 g/mol. The van der Waals surface area contributed by atoms with E-state index in [9.17, 15) is 0 Å². The molecular weight excluding hydrogens is 324 g/mol. The molecule has 140 valence electrons. The van der Waals surface area contributed by atoms with Gasteiger partial charge in [-0.25, -0.2) is 9.97 Å². The molecule has 1 aliphatic carbocycles. The second kappa shape index (κ2) is 7.35. The van der Waals surface area contributed by atoms with E-state index in [-0.39, 0.29) is 0 Å². The molecule has 0 N–H and O–H groups in total. The van der Waals surface area contributed by atoms with Crippen LogP contribution in [0, 0.1) is 13.8 Å². The van der Waals surface area contributed by atoms with Crippen LogP contribution in [0.4, 0.5) is 5.95 Å². The van der Waals surface area contributed by atoms with Crippen LogP contribution in [0.3, 0.4) is 0 Å². The molecular formula is C20H30N6. The molecule has 1 saturated carbocycles. The van der Waals surface area contributed by atoms with Crippen LogP contribution in [0.25, 0.3) is 0 Å². The third-order valence-corrected chi connectivity index (χ3v) is 5.80. The van der Waals surface area contributed by atoms with Gasteiger partial charge in [0.15, 0.2) is 0 Å². The molecule has 2 aromatic rings. The number of hydrogen-bond acceptors (Lipinski definition) is 5. The molecule has 0 aromatic carbocycles. The van der Waals surface area contributed by atoms with Crippen molar-refractivity contribution in [3.05, 3.63) is 34.9 Å². The zero-order valence-corrected chi connectivity index (χ0v) is 16.3. The van der Waals surface area contributed by atoms with Crippen LogP contribution in [-0.2, 0) is 20.1 Å². The summed E-state index contributed by atoms with van der Waals surface area (Å²) in [7, 11) is 2.03. The van der Waals surface area contributed by atoms with Crippen molar-refractivity contribution in [1.29, 1.82) is 0 Å². The number of aromatic nitrogens is 4. The Kier molecular flexibility index (Phi) is 4.94. The highest BCUT2D eigenvalue weighted by atomic mass is 15.3. The summed E-state index contributed by atoms with van der Waals surface area (Å²) in [4.78, 5) is 14.2. The highest BCUT2D eigenvalue weighted by molar-refractivity contribution is 5.30. The van der Waals surface area contributed by atoms with Crippen molar-refractivity contribution in [1.82, 2.24) is 24.6 Å². The Bertz CT molecular complexity index is 740. The van der Waals surface area contributed by atoms with Crippen molar-refractivity contribution in [3.8, 4) is 0 Å². The summed E-state index contributed by atoms with van der Waals surface area (Å²) in [5, 5.41) is 4.57.